The molecule has 0 saturated carbocycles. The number of aliphatic hydroxyl groups is 1. The fourth-order valence-electron chi connectivity index (χ4n) is 3.25. The van der Waals surface area contributed by atoms with E-state index in [-0.39, 0.29) is 52.0 Å². The maximum Gasteiger partial charge on any atom is 0.341 e. The van der Waals surface area contributed by atoms with E-state index in [1.54, 1.807) is 6.92 Å². The maximum absolute atomic E-state index is 13.0. The zero-order chi connectivity index (χ0) is 38.3. The number of hydrogen-bond donors (Lipinski definition) is 3. The summed E-state index contributed by atoms with van der Waals surface area (Å²) in [7, 11) is 0. The number of carbonyl (C=O) groups excluding carboxylic acids is 6. The Bertz CT molecular complexity index is 1430. The first-order valence-electron chi connectivity index (χ1n) is 14.9. The highest BCUT2D eigenvalue weighted by Crippen LogP contribution is 2.18. The van der Waals surface area contributed by atoms with Crippen LogP contribution in [0.25, 0.3) is 0 Å². The summed E-state index contributed by atoms with van der Waals surface area (Å²) in [5, 5.41) is 16.3. The van der Waals surface area contributed by atoms with Crippen molar-refractivity contribution >= 4 is 35.8 Å². The summed E-state index contributed by atoms with van der Waals surface area (Å²) in [6.45, 7) is 26.7. The van der Waals surface area contributed by atoms with Gasteiger partial charge in [-0.15, -0.1) is 5.73 Å². The average Bonchev–Trinajstić information content (AvgIpc) is 3.02. The second kappa shape index (κ2) is 19.7. The highest BCUT2D eigenvalue weighted by atomic mass is 16.6. The average molecular weight is 689 g/mol. The molecule has 0 aliphatic heterocycles. The molecule has 3 N–H and O–H groups in total. The standard InChI is InChI=1S/C35H48N2O12/c1-14-34(36-27(38)20(2)3,16-45-29(40)21(4)5)17-46-33(44)26(13)15-25(12)28(39)37-35(49-32(43)24(10)11,18-47-30(41)22(6)7)19-48-31(42)23(8)9/h28,37,39H,2,4,6,8,10,14,16-19H2,1,3,5,7,9,11-13H3,(H,36,38). The first kappa shape index (κ1) is 44.0. The summed E-state index contributed by atoms with van der Waals surface area (Å²) in [4.78, 5) is 74.6. The Morgan fingerprint density at radius 2 is 1.02 bits per heavy atom. The summed E-state index contributed by atoms with van der Waals surface area (Å²) in [5.74, 6) is -4.91. The lowest BCUT2D eigenvalue weighted by molar-refractivity contribution is -0.190. The van der Waals surface area contributed by atoms with E-state index in [0.29, 0.717) is 0 Å². The van der Waals surface area contributed by atoms with E-state index in [1.165, 1.54) is 48.5 Å². The predicted octanol–water partition coefficient (Wildman–Crippen LogP) is 2.94. The van der Waals surface area contributed by atoms with Crippen LogP contribution in [-0.2, 0) is 52.5 Å². The van der Waals surface area contributed by atoms with Crippen molar-refractivity contribution in [3.8, 4) is 0 Å². The molecule has 0 fully saturated rings. The fraction of sp³-hybridized carbons (Fsp3) is 0.457. The van der Waals surface area contributed by atoms with Crippen molar-refractivity contribution in [1.29, 1.82) is 0 Å². The Kier molecular flexibility index (Phi) is 17.7. The topological polar surface area (TPSA) is 193 Å². The Hall–Kier alpha value is -5.04. The van der Waals surface area contributed by atoms with Crippen molar-refractivity contribution in [1.82, 2.24) is 10.6 Å². The number of hydrogen-bond acceptors (Lipinski definition) is 13. The van der Waals surface area contributed by atoms with Crippen LogP contribution in [0.2, 0.25) is 0 Å². The molecule has 0 bridgehead atoms. The van der Waals surface area contributed by atoms with Crippen LogP contribution in [0.5, 0.6) is 0 Å². The first-order valence-corrected chi connectivity index (χ1v) is 14.9. The monoisotopic (exact) mass is 688 g/mol. The molecule has 2 unspecified atom stereocenters. The van der Waals surface area contributed by atoms with Crippen LogP contribution in [0, 0.1) is 0 Å². The number of carbonyl (C=O) groups is 6. The lowest BCUT2D eigenvalue weighted by atomic mass is 9.97. The zero-order valence-electron chi connectivity index (χ0n) is 29.6. The van der Waals surface area contributed by atoms with E-state index in [9.17, 15) is 33.9 Å². The van der Waals surface area contributed by atoms with Gasteiger partial charge in [-0.3, -0.25) is 4.79 Å². The molecule has 0 aromatic rings. The fourth-order valence-corrected chi connectivity index (χ4v) is 3.25. The van der Waals surface area contributed by atoms with Gasteiger partial charge < -0.3 is 34.1 Å². The highest BCUT2D eigenvalue weighted by Gasteiger charge is 2.41. The summed E-state index contributed by atoms with van der Waals surface area (Å²) in [6.07, 6.45) is -1.57. The molecule has 270 valence electrons. The van der Waals surface area contributed by atoms with Crippen LogP contribution in [0.1, 0.15) is 61.8 Å². The molecule has 0 heterocycles. The molecule has 14 heteroatoms. The van der Waals surface area contributed by atoms with E-state index in [2.05, 4.69) is 49.3 Å². The SMILES string of the molecule is C=C(C)C(=O)NC(CC)(COC(=O)C(=C)C)COC(=O)C(C)=C=C(C)C(O)NC(COC(=O)C(=C)C)(COC(=O)C(=C)C)OC(=O)C(=C)C. The normalized spacial score (nSPS) is 12.3. The second-order valence-electron chi connectivity index (χ2n) is 11.7. The van der Waals surface area contributed by atoms with Gasteiger partial charge in [0.05, 0.1) is 5.57 Å². The molecule has 49 heavy (non-hydrogen) atoms. The lowest BCUT2D eigenvalue weighted by Gasteiger charge is -2.35. The first-order chi connectivity index (χ1) is 22.5. The van der Waals surface area contributed by atoms with Crippen LogP contribution in [-0.4, -0.2) is 84.8 Å². The quantitative estimate of drug-likeness (QED) is 0.0556. The highest BCUT2D eigenvalue weighted by molar-refractivity contribution is 5.93. The van der Waals surface area contributed by atoms with Gasteiger partial charge in [-0.1, -0.05) is 39.8 Å². The lowest BCUT2D eigenvalue weighted by Crippen LogP contribution is -2.60. The zero-order valence-corrected chi connectivity index (χ0v) is 29.6. The van der Waals surface area contributed by atoms with Gasteiger partial charge in [-0.2, -0.15) is 0 Å². The van der Waals surface area contributed by atoms with E-state index in [0.717, 1.165) is 0 Å². The van der Waals surface area contributed by atoms with Crippen LogP contribution in [0.4, 0.5) is 0 Å². The minimum atomic E-state index is -2.17. The second-order valence-corrected chi connectivity index (χ2v) is 11.7. The van der Waals surface area contributed by atoms with Crippen LogP contribution >= 0.6 is 0 Å². The van der Waals surface area contributed by atoms with Crippen molar-refractivity contribution in [2.45, 2.75) is 79.3 Å². The van der Waals surface area contributed by atoms with E-state index < -0.39 is 73.1 Å². The van der Waals surface area contributed by atoms with Gasteiger partial charge in [-0.05, 0) is 54.9 Å². The van der Waals surface area contributed by atoms with E-state index in [1.807, 2.05) is 0 Å². The number of ether oxygens (including phenoxy) is 5. The third kappa shape index (κ3) is 15.2. The number of rotatable bonds is 20. The van der Waals surface area contributed by atoms with Gasteiger partial charge in [-0.25, -0.2) is 29.3 Å². The molecule has 0 aliphatic carbocycles. The maximum atomic E-state index is 13.0. The van der Waals surface area contributed by atoms with Gasteiger partial charge >= 0.3 is 29.8 Å². The van der Waals surface area contributed by atoms with Gasteiger partial charge in [0.1, 0.15) is 38.2 Å². The molecule has 0 aromatic carbocycles. The third-order valence-electron chi connectivity index (χ3n) is 6.46. The molecule has 14 nitrogen and oxygen atoms in total. The molecular weight excluding hydrogens is 640 g/mol. The van der Waals surface area contributed by atoms with Gasteiger partial charge in [0.15, 0.2) is 0 Å². The molecule has 1 amide bonds. The smallest absolute Gasteiger partial charge is 0.341 e. The largest absolute Gasteiger partial charge is 0.460 e. The predicted molar refractivity (Wildman–Crippen MR) is 179 cm³/mol. The minimum Gasteiger partial charge on any atom is -0.460 e. The third-order valence-corrected chi connectivity index (χ3v) is 6.46. The summed E-state index contributed by atoms with van der Waals surface area (Å²) in [6, 6.07) is 0. The summed E-state index contributed by atoms with van der Waals surface area (Å²) >= 11 is 0. The Morgan fingerprint density at radius 1 is 0.633 bits per heavy atom. The van der Waals surface area contributed by atoms with Crippen molar-refractivity contribution in [2.24, 2.45) is 0 Å². The van der Waals surface area contributed by atoms with Crippen LogP contribution in [0.15, 0.2) is 77.6 Å². The Morgan fingerprint density at radius 3 is 1.39 bits per heavy atom. The van der Waals surface area contributed by atoms with Crippen LogP contribution in [0.3, 0.4) is 0 Å². The Labute approximate surface area is 287 Å². The van der Waals surface area contributed by atoms with Crippen LogP contribution < -0.4 is 10.6 Å². The van der Waals surface area contributed by atoms with Crippen molar-refractivity contribution < 1.29 is 57.6 Å². The molecule has 0 aromatic heterocycles. The molecule has 0 radical (unpaired) electrons. The van der Waals surface area contributed by atoms with Crippen molar-refractivity contribution in [3.05, 3.63) is 77.6 Å². The number of aliphatic hydroxyl groups excluding tert-OH is 1. The molecular formula is C35H48N2O12. The minimum absolute atomic E-state index is 0.00743. The molecule has 0 rings (SSSR count). The molecule has 0 spiro atoms. The van der Waals surface area contributed by atoms with Gasteiger partial charge in [0.2, 0.25) is 11.6 Å². The number of nitrogens with one attached hydrogen (secondary N) is 2. The summed E-state index contributed by atoms with van der Waals surface area (Å²) < 4.78 is 26.6. The Balaban J connectivity index is 6.49. The van der Waals surface area contributed by atoms with Crippen molar-refractivity contribution in [3.63, 3.8) is 0 Å². The molecule has 0 aliphatic rings. The van der Waals surface area contributed by atoms with E-state index in [4.69, 9.17) is 23.7 Å². The molecule has 2 atom stereocenters. The summed E-state index contributed by atoms with van der Waals surface area (Å²) in [5.41, 5.74) is -0.778. The van der Waals surface area contributed by atoms with Gasteiger partial charge in [0, 0.05) is 33.4 Å². The number of amides is 1. The molecule has 0 saturated heterocycles. The van der Waals surface area contributed by atoms with E-state index >= 15 is 0 Å². The van der Waals surface area contributed by atoms with Crippen molar-refractivity contribution in [2.75, 3.05) is 26.4 Å². The number of esters is 5. The van der Waals surface area contributed by atoms with Gasteiger partial charge in [0.25, 0.3) is 0 Å².